The lowest BCUT2D eigenvalue weighted by molar-refractivity contribution is 0.249. The predicted molar refractivity (Wildman–Crippen MR) is 71.7 cm³/mol. The van der Waals surface area contributed by atoms with Crippen LogP contribution in [0.15, 0.2) is 23.3 Å². The third kappa shape index (κ3) is 4.58. The summed E-state index contributed by atoms with van der Waals surface area (Å²) in [6.07, 6.45) is 2.20. The van der Waals surface area contributed by atoms with Crippen molar-refractivity contribution in [2.45, 2.75) is 6.42 Å². The Morgan fingerprint density at radius 2 is 2.33 bits per heavy atom. The molecule has 0 saturated heterocycles. The first-order valence-corrected chi connectivity index (χ1v) is 5.77. The number of nitrogens with zero attached hydrogens (tertiary/aromatic N) is 3. The maximum Gasteiger partial charge on any atom is 0.344 e. The van der Waals surface area contributed by atoms with E-state index in [1.54, 1.807) is 37.3 Å². The average Bonchev–Trinajstić information content (AvgIpc) is 2.31. The van der Waals surface area contributed by atoms with Crippen molar-refractivity contribution in [3.05, 3.63) is 29.0 Å². The number of nitrogens with one attached hydrogen (secondary N) is 1. The first-order valence-electron chi connectivity index (χ1n) is 5.39. The monoisotopic (exact) mass is 269 g/mol. The topological polar surface area (TPSA) is 83.6 Å². The van der Waals surface area contributed by atoms with Crippen LogP contribution < -0.4 is 11.1 Å². The molecule has 1 aromatic rings. The Morgan fingerprint density at radius 1 is 1.61 bits per heavy atom. The fourth-order valence-electron chi connectivity index (χ4n) is 1.13. The number of urea groups is 1. The zero-order chi connectivity index (χ0) is 13.5. The van der Waals surface area contributed by atoms with Crippen molar-refractivity contribution >= 4 is 23.6 Å². The second kappa shape index (κ2) is 6.80. The number of hydrogen-bond acceptors (Lipinski definition) is 2. The van der Waals surface area contributed by atoms with Crippen molar-refractivity contribution in [3.8, 4) is 0 Å². The zero-order valence-electron chi connectivity index (χ0n) is 10.4. The molecule has 98 valence electrons. The molecule has 0 atom stereocenters. The molecule has 1 rings (SSSR count). The van der Waals surface area contributed by atoms with Gasteiger partial charge >= 0.3 is 6.03 Å². The van der Waals surface area contributed by atoms with Gasteiger partial charge in [-0.1, -0.05) is 11.6 Å². The van der Waals surface area contributed by atoms with Gasteiger partial charge in [0.1, 0.15) is 0 Å². The van der Waals surface area contributed by atoms with Crippen molar-refractivity contribution in [1.29, 1.82) is 0 Å². The van der Waals surface area contributed by atoms with Gasteiger partial charge in [-0.15, -0.1) is 0 Å². The second-order valence-electron chi connectivity index (χ2n) is 3.78. The molecule has 0 spiro atoms. The highest BCUT2D eigenvalue weighted by molar-refractivity contribution is 6.31. The van der Waals surface area contributed by atoms with Crippen molar-refractivity contribution in [1.82, 2.24) is 15.2 Å². The molecule has 0 aliphatic rings. The Bertz CT molecular complexity index is 447. The Balaban J connectivity index is 2.41. The number of aromatic nitrogens is 1. The molecule has 0 radical (unpaired) electrons. The van der Waals surface area contributed by atoms with E-state index in [4.69, 9.17) is 17.3 Å². The summed E-state index contributed by atoms with van der Waals surface area (Å²) in [7, 11) is 3.42. The van der Waals surface area contributed by atoms with Gasteiger partial charge in [0.2, 0.25) is 0 Å². The van der Waals surface area contributed by atoms with Crippen molar-refractivity contribution in [2.24, 2.45) is 10.7 Å². The minimum atomic E-state index is -0.478. The molecule has 7 heteroatoms. The maximum absolute atomic E-state index is 11.4. The molecule has 0 aromatic carbocycles. The first kappa shape index (κ1) is 14.2. The first-order chi connectivity index (χ1) is 8.50. The minimum Gasteiger partial charge on any atom is -0.369 e. The summed E-state index contributed by atoms with van der Waals surface area (Å²) in [5.74, 6) is 0.156. The standard InChI is InChI=1S/C11H16ClN5O/c1-17(2)10(13)16-11(18)15-7-5-9-8(12)4-3-6-14-9/h3-4,6H,5,7H2,1-2H3,(H3,13,15,16,18). The molecular weight excluding hydrogens is 254 g/mol. The third-order valence-electron chi connectivity index (χ3n) is 2.15. The van der Waals surface area contributed by atoms with Gasteiger partial charge in [-0.2, -0.15) is 4.99 Å². The van der Waals surface area contributed by atoms with Gasteiger partial charge in [-0.05, 0) is 12.1 Å². The number of hydrogen-bond donors (Lipinski definition) is 2. The Labute approximate surface area is 111 Å². The Hall–Kier alpha value is -1.82. The third-order valence-corrected chi connectivity index (χ3v) is 2.49. The van der Waals surface area contributed by atoms with Crippen LogP contribution in [-0.4, -0.2) is 42.5 Å². The number of halogens is 1. The quantitative estimate of drug-likeness (QED) is 0.630. The molecule has 0 bridgehead atoms. The van der Waals surface area contributed by atoms with E-state index in [1.165, 1.54) is 0 Å². The number of amides is 2. The van der Waals surface area contributed by atoms with Crippen LogP contribution in [0.25, 0.3) is 0 Å². The molecule has 0 saturated carbocycles. The Morgan fingerprint density at radius 3 is 2.94 bits per heavy atom. The van der Waals surface area contributed by atoms with Crippen LogP contribution in [0.3, 0.4) is 0 Å². The highest BCUT2D eigenvalue weighted by Gasteiger charge is 2.03. The van der Waals surface area contributed by atoms with E-state index in [1.807, 2.05) is 0 Å². The summed E-state index contributed by atoms with van der Waals surface area (Å²) < 4.78 is 0. The molecule has 3 N–H and O–H groups in total. The van der Waals surface area contributed by atoms with Gasteiger partial charge in [0.15, 0.2) is 5.96 Å². The SMILES string of the molecule is CN(C)C(N)=NC(=O)NCCc1ncccc1Cl. The molecule has 0 aliphatic heterocycles. The molecule has 1 aromatic heterocycles. The molecule has 1 heterocycles. The molecule has 2 amide bonds. The minimum absolute atomic E-state index is 0.156. The van der Waals surface area contributed by atoms with Gasteiger partial charge in [0.05, 0.1) is 10.7 Å². The summed E-state index contributed by atoms with van der Waals surface area (Å²) in [5.41, 5.74) is 6.25. The molecule has 6 nitrogen and oxygen atoms in total. The van der Waals surface area contributed by atoms with Crippen molar-refractivity contribution < 1.29 is 4.79 Å². The lowest BCUT2D eigenvalue weighted by atomic mass is 10.3. The van der Waals surface area contributed by atoms with E-state index in [0.29, 0.717) is 18.0 Å². The van der Waals surface area contributed by atoms with Crippen LogP contribution in [0.5, 0.6) is 0 Å². The van der Waals surface area contributed by atoms with E-state index in [-0.39, 0.29) is 5.96 Å². The highest BCUT2D eigenvalue weighted by Crippen LogP contribution is 2.11. The van der Waals surface area contributed by atoms with Gasteiger partial charge in [0, 0.05) is 33.3 Å². The summed E-state index contributed by atoms with van der Waals surface area (Å²) >= 11 is 5.94. The fourth-order valence-corrected chi connectivity index (χ4v) is 1.35. The van der Waals surface area contributed by atoms with E-state index in [2.05, 4.69) is 15.3 Å². The van der Waals surface area contributed by atoms with Crippen LogP contribution in [0.1, 0.15) is 5.69 Å². The maximum atomic E-state index is 11.4. The molecule has 18 heavy (non-hydrogen) atoms. The Kier molecular flexibility index (Phi) is 5.38. The van der Waals surface area contributed by atoms with Gasteiger partial charge in [0.25, 0.3) is 0 Å². The number of rotatable bonds is 3. The number of guanidine groups is 1. The van der Waals surface area contributed by atoms with Crippen LogP contribution in [0.2, 0.25) is 5.02 Å². The lowest BCUT2D eigenvalue weighted by Gasteiger charge is -2.10. The number of pyridine rings is 1. The smallest absolute Gasteiger partial charge is 0.344 e. The van der Waals surface area contributed by atoms with E-state index in [0.717, 1.165) is 5.69 Å². The van der Waals surface area contributed by atoms with Crippen LogP contribution >= 0.6 is 11.6 Å². The zero-order valence-corrected chi connectivity index (χ0v) is 11.1. The number of aliphatic imine (C=N–C) groups is 1. The van der Waals surface area contributed by atoms with Gasteiger partial charge in [-0.25, -0.2) is 4.79 Å². The van der Waals surface area contributed by atoms with Crippen LogP contribution in [-0.2, 0) is 6.42 Å². The summed E-state index contributed by atoms with van der Waals surface area (Å²) in [6.45, 7) is 0.403. The van der Waals surface area contributed by atoms with E-state index < -0.39 is 6.03 Å². The highest BCUT2D eigenvalue weighted by atomic mass is 35.5. The van der Waals surface area contributed by atoms with Crippen LogP contribution in [0.4, 0.5) is 4.79 Å². The largest absolute Gasteiger partial charge is 0.369 e. The van der Waals surface area contributed by atoms with Gasteiger partial charge in [-0.3, -0.25) is 4.98 Å². The molecule has 0 aliphatic carbocycles. The fraction of sp³-hybridized carbons (Fsp3) is 0.364. The van der Waals surface area contributed by atoms with E-state index in [9.17, 15) is 4.79 Å². The second-order valence-corrected chi connectivity index (χ2v) is 4.19. The lowest BCUT2D eigenvalue weighted by Crippen LogP contribution is -2.33. The van der Waals surface area contributed by atoms with Crippen molar-refractivity contribution in [2.75, 3.05) is 20.6 Å². The number of carbonyl (C=O) groups excluding carboxylic acids is 1. The number of nitrogens with two attached hydrogens (primary N) is 1. The number of carbonyl (C=O) groups is 1. The summed E-state index contributed by atoms with van der Waals surface area (Å²) in [6, 6.07) is 3.04. The molecule has 0 unspecified atom stereocenters. The normalized spacial score (nSPS) is 11.2. The average molecular weight is 270 g/mol. The van der Waals surface area contributed by atoms with Crippen molar-refractivity contribution in [3.63, 3.8) is 0 Å². The summed E-state index contributed by atoms with van der Waals surface area (Å²) in [4.78, 5) is 20.7. The van der Waals surface area contributed by atoms with Gasteiger partial charge < -0.3 is 16.0 Å². The predicted octanol–water partition coefficient (Wildman–Crippen LogP) is 0.863. The summed E-state index contributed by atoms with van der Waals surface area (Å²) in [5, 5.41) is 3.20. The van der Waals surface area contributed by atoms with Crippen LogP contribution in [0, 0.1) is 0 Å². The van der Waals surface area contributed by atoms with E-state index >= 15 is 0 Å². The molecular formula is C11H16ClN5O. The molecule has 0 fully saturated rings.